The van der Waals surface area contributed by atoms with Crippen molar-refractivity contribution in [3.8, 4) is 22.6 Å². The van der Waals surface area contributed by atoms with Crippen molar-refractivity contribution in [2.75, 3.05) is 13.1 Å². The molecule has 2 N–H and O–H groups in total. The zero-order chi connectivity index (χ0) is 23.4. The van der Waals surface area contributed by atoms with Crippen molar-refractivity contribution in [1.29, 1.82) is 0 Å². The summed E-state index contributed by atoms with van der Waals surface area (Å²) in [5.74, 6) is 1.27. The van der Waals surface area contributed by atoms with Gasteiger partial charge in [-0.1, -0.05) is 37.3 Å². The number of nitrogens with two attached hydrogens (primary N) is 1. The van der Waals surface area contributed by atoms with Crippen LogP contribution in [0, 0.1) is 6.92 Å². The van der Waals surface area contributed by atoms with Gasteiger partial charge in [0, 0.05) is 43.0 Å². The summed E-state index contributed by atoms with van der Waals surface area (Å²) in [6.45, 7) is 6.36. The summed E-state index contributed by atoms with van der Waals surface area (Å²) in [7, 11) is 0. The molecule has 2 amide bonds. The molecule has 1 aliphatic rings. The van der Waals surface area contributed by atoms with Crippen molar-refractivity contribution in [3.05, 3.63) is 71.5 Å². The van der Waals surface area contributed by atoms with Gasteiger partial charge < -0.3 is 19.9 Å². The molecule has 33 heavy (non-hydrogen) atoms. The fourth-order valence-electron chi connectivity index (χ4n) is 4.78. The Morgan fingerprint density at radius 2 is 1.82 bits per heavy atom. The number of carbonyl (C=O) groups is 2. The average molecular weight is 446 g/mol. The third kappa shape index (κ3) is 4.80. The largest absolute Gasteiger partial charge is 0.457 e. The average Bonchev–Trinajstić information content (AvgIpc) is 3.35. The van der Waals surface area contributed by atoms with Crippen LogP contribution in [0.3, 0.4) is 0 Å². The normalized spacial score (nSPS) is 13.5. The number of hydrogen-bond acceptors (Lipinski definition) is 3. The van der Waals surface area contributed by atoms with Gasteiger partial charge in [0.1, 0.15) is 11.5 Å². The minimum absolute atomic E-state index is 0.240. The monoisotopic (exact) mass is 445 g/mol. The van der Waals surface area contributed by atoms with Gasteiger partial charge in [-0.05, 0) is 56.0 Å². The zero-order valence-electron chi connectivity index (χ0n) is 19.3. The quantitative estimate of drug-likeness (QED) is 0.507. The number of para-hydroxylation sites is 1. The zero-order valence-corrected chi connectivity index (χ0v) is 19.3. The van der Waals surface area contributed by atoms with E-state index in [2.05, 4.69) is 11.5 Å². The summed E-state index contributed by atoms with van der Waals surface area (Å²) < 4.78 is 8.22. The first-order chi connectivity index (χ1) is 16.0. The molecule has 6 heteroatoms. The molecule has 0 atom stereocenters. The van der Waals surface area contributed by atoms with E-state index in [0.717, 1.165) is 67.2 Å². The summed E-state index contributed by atoms with van der Waals surface area (Å²) >= 11 is 0. The van der Waals surface area contributed by atoms with Crippen molar-refractivity contribution < 1.29 is 14.3 Å². The van der Waals surface area contributed by atoms with Crippen LogP contribution >= 0.6 is 0 Å². The van der Waals surface area contributed by atoms with Crippen LogP contribution in [0.5, 0.6) is 11.5 Å². The predicted molar refractivity (Wildman–Crippen MR) is 129 cm³/mol. The van der Waals surface area contributed by atoms with Gasteiger partial charge in [0.15, 0.2) is 0 Å². The Morgan fingerprint density at radius 3 is 2.48 bits per heavy atom. The highest BCUT2D eigenvalue weighted by molar-refractivity contribution is 6.02. The predicted octanol–water partition coefficient (Wildman–Crippen LogP) is 4.93. The molecular weight excluding hydrogens is 414 g/mol. The number of rotatable bonds is 9. The molecule has 0 spiro atoms. The van der Waals surface area contributed by atoms with Crippen molar-refractivity contribution in [1.82, 2.24) is 9.47 Å². The maximum atomic E-state index is 12.5. The topological polar surface area (TPSA) is 77.6 Å². The fourth-order valence-corrected chi connectivity index (χ4v) is 4.78. The first kappa shape index (κ1) is 22.6. The molecule has 0 aliphatic carbocycles. The molecule has 0 radical (unpaired) electrons. The molecule has 1 fully saturated rings. The Balaban J connectivity index is 1.66. The van der Waals surface area contributed by atoms with E-state index < -0.39 is 5.91 Å². The number of carbonyl (C=O) groups excluding carboxylic acids is 2. The molecular formula is C27H31N3O3. The Bertz CT molecular complexity index is 1150. The summed E-state index contributed by atoms with van der Waals surface area (Å²) in [4.78, 5) is 26.4. The molecule has 1 aromatic heterocycles. The second-order valence-electron chi connectivity index (χ2n) is 8.43. The highest BCUT2D eigenvalue weighted by Crippen LogP contribution is 2.36. The number of ether oxygens (including phenoxy) is 1. The third-order valence-corrected chi connectivity index (χ3v) is 6.30. The van der Waals surface area contributed by atoms with Crippen LogP contribution in [-0.4, -0.2) is 34.4 Å². The van der Waals surface area contributed by atoms with Crippen LogP contribution in [0.2, 0.25) is 0 Å². The van der Waals surface area contributed by atoms with Crippen LogP contribution in [0.15, 0.2) is 54.6 Å². The molecule has 1 saturated heterocycles. The van der Waals surface area contributed by atoms with E-state index in [1.165, 1.54) is 0 Å². The van der Waals surface area contributed by atoms with Crippen molar-refractivity contribution in [2.45, 2.75) is 46.1 Å². The second kappa shape index (κ2) is 9.94. The van der Waals surface area contributed by atoms with E-state index in [9.17, 15) is 9.59 Å². The van der Waals surface area contributed by atoms with Gasteiger partial charge in [0.2, 0.25) is 5.91 Å². The number of likely N-dealkylation sites (tertiary alicyclic amines) is 1. The molecule has 172 valence electrons. The van der Waals surface area contributed by atoms with Gasteiger partial charge in [-0.15, -0.1) is 0 Å². The van der Waals surface area contributed by atoms with Crippen LogP contribution in [0.25, 0.3) is 11.1 Å². The van der Waals surface area contributed by atoms with Gasteiger partial charge in [-0.2, -0.15) is 0 Å². The van der Waals surface area contributed by atoms with Crippen LogP contribution in [0.1, 0.15) is 47.9 Å². The minimum Gasteiger partial charge on any atom is -0.457 e. The Kier molecular flexibility index (Phi) is 6.82. The summed E-state index contributed by atoms with van der Waals surface area (Å²) in [6.07, 6.45) is 3.19. The van der Waals surface area contributed by atoms with Gasteiger partial charge >= 0.3 is 0 Å². The number of nitrogens with zero attached hydrogens (tertiary/aromatic N) is 2. The first-order valence-corrected chi connectivity index (χ1v) is 11.6. The lowest BCUT2D eigenvalue weighted by Gasteiger charge is -2.17. The Labute approximate surface area is 195 Å². The molecule has 0 unspecified atom stereocenters. The Hall–Kier alpha value is -3.54. The van der Waals surface area contributed by atoms with Crippen molar-refractivity contribution in [3.63, 3.8) is 0 Å². The van der Waals surface area contributed by atoms with E-state index in [1.807, 2.05) is 66.4 Å². The number of aromatic nitrogens is 1. The summed E-state index contributed by atoms with van der Waals surface area (Å²) in [5, 5.41) is 0. The minimum atomic E-state index is -0.431. The molecule has 0 bridgehead atoms. The van der Waals surface area contributed by atoms with E-state index >= 15 is 0 Å². The van der Waals surface area contributed by atoms with Crippen molar-refractivity contribution >= 4 is 11.8 Å². The standard InChI is InChI=1S/C27H31N3O3/c1-3-23-26(20-10-7-13-22(18-20)33-21-11-5-4-6-12-21)25(27(28)32)19(2)30(23)17-9-16-29-15-8-14-24(29)31/h4-7,10-13,18H,3,8-9,14-17H2,1-2H3,(H2,28,32). The highest BCUT2D eigenvalue weighted by atomic mass is 16.5. The molecule has 6 nitrogen and oxygen atoms in total. The molecule has 0 saturated carbocycles. The number of hydrogen-bond donors (Lipinski definition) is 1. The first-order valence-electron chi connectivity index (χ1n) is 11.6. The number of amides is 2. The number of benzene rings is 2. The lowest BCUT2D eigenvalue weighted by molar-refractivity contribution is -0.127. The summed E-state index contributed by atoms with van der Waals surface area (Å²) in [6, 6.07) is 17.4. The lowest BCUT2D eigenvalue weighted by Crippen LogP contribution is -2.26. The van der Waals surface area contributed by atoms with E-state index in [4.69, 9.17) is 10.5 Å². The number of primary amides is 1. The molecule has 1 aliphatic heterocycles. The van der Waals surface area contributed by atoms with Gasteiger partial charge in [-0.25, -0.2) is 0 Å². The SMILES string of the molecule is CCc1c(-c2cccc(Oc3ccccc3)c2)c(C(N)=O)c(C)n1CCCN1CCCC1=O. The molecule has 4 rings (SSSR count). The molecule has 2 aromatic carbocycles. The van der Waals surface area contributed by atoms with Gasteiger partial charge in [0.25, 0.3) is 5.91 Å². The maximum absolute atomic E-state index is 12.5. The van der Waals surface area contributed by atoms with E-state index in [-0.39, 0.29) is 5.91 Å². The summed E-state index contributed by atoms with van der Waals surface area (Å²) in [5.41, 5.74) is 10.1. The van der Waals surface area contributed by atoms with Crippen LogP contribution < -0.4 is 10.5 Å². The van der Waals surface area contributed by atoms with Gasteiger partial charge in [0.05, 0.1) is 5.56 Å². The lowest BCUT2D eigenvalue weighted by atomic mass is 9.98. The van der Waals surface area contributed by atoms with Crippen LogP contribution in [0.4, 0.5) is 0 Å². The maximum Gasteiger partial charge on any atom is 0.251 e. The van der Waals surface area contributed by atoms with Gasteiger partial charge in [-0.3, -0.25) is 9.59 Å². The highest BCUT2D eigenvalue weighted by Gasteiger charge is 2.25. The second-order valence-corrected chi connectivity index (χ2v) is 8.43. The smallest absolute Gasteiger partial charge is 0.251 e. The van der Waals surface area contributed by atoms with E-state index in [0.29, 0.717) is 17.7 Å². The van der Waals surface area contributed by atoms with Crippen LogP contribution in [-0.2, 0) is 17.8 Å². The fraction of sp³-hybridized carbons (Fsp3) is 0.333. The third-order valence-electron chi connectivity index (χ3n) is 6.30. The molecule has 3 aromatic rings. The van der Waals surface area contributed by atoms with E-state index in [1.54, 1.807) is 0 Å². The Morgan fingerprint density at radius 1 is 1.06 bits per heavy atom. The molecule has 2 heterocycles. The van der Waals surface area contributed by atoms with Crippen molar-refractivity contribution in [2.24, 2.45) is 5.73 Å².